The second-order valence-corrected chi connectivity index (χ2v) is 7.91. The van der Waals surface area contributed by atoms with Crippen molar-refractivity contribution in [2.75, 3.05) is 68.7 Å². The molecule has 0 atom stereocenters. The normalized spacial score (nSPS) is 17.6. The van der Waals surface area contributed by atoms with Gasteiger partial charge in [-0.25, -0.2) is 4.98 Å². The summed E-state index contributed by atoms with van der Waals surface area (Å²) in [6.45, 7) is 7.37. The number of pyridine rings is 1. The molecule has 1 aromatic heterocycles. The van der Waals surface area contributed by atoms with Gasteiger partial charge in [-0.3, -0.25) is 19.8 Å². The molecule has 2 aliphatic heterocycles. The molecule has 0 N–H and O–H groups in total. The number of rotatable bonds is 6. The van der Waals surface area contributed by atoms with Crippen molar-refractivity contribution in [1.29, 1.82) is 0 Å². The fourth-order valence-electron chi connectivity index (χ4n) is 4.15. The molecular weight excluding hydrogens is 396 g/mol. The minimum absolute atomic E-state index is 0.113. The zero-order valence-electron chi connectivity index (χ0n) is 17.6. The molecule has 0 saturated carbocycles. The van der Waals surface area contributed by atoms with Gasteiger partial charge in [-0.1, -0.05) is 6.07 Å². The number of nitro groups is 1. The number of anilines is 2. The number of hydrogen-bond acceptors (Lipinski definition) is 7. The Bertz CT molecular complexity index is 876. The SMILES string of the molecule is O=C(CCN1CCN(c2ccc([N+](=O)[O-])cc2)CC1)N1CCN(c2ccccn2)CC1. The summed E-state index contributed by atoms with van der Waals surface area (Å²) in [5.41, 5.74) is 1.12. The van der Waals surface area contributed by atoms with E-state index in [4.69, 9.17) is 0 Å². The molecule has 2 saturated heterocycles. The van der Waals surface area contributed by atoms with E-state index < -0.39 is 0 Å². The van der Waals surface area contributed by atoms with Crippen molar-refractivity contribution >= 4 is 23.1 Å². The summed E-state index contributed by atoms with van der Waals surface area (Å²) in [7, 11) is 0. The molecule has 2 aromatic rings. The maximum absolute atomic E-state index is 12.7. The van der Waals surface area contributed by atoms with Crippen LogP contribution in [-0.2, 0) is 4.79 Å². The van der Waals surface area contributed by atoms with E-state index in [9.17, 15) is 14.9 Å². The lowest BCUT2D eigenvalue weighted by Crippen LogP contribution is -2.50. The van der Waals surface area contributed by atoms with E-state index in [0.29, 0.717) is 6.42 Å². The van der Waals surface area contributed by atoms with E-state index >= 15 is 0 Å². The number of carbonyl (C=O) groups excluding carboxylic acids is 1. The standard InChI is InChI=1S/C22H28N6O3/c29-22(27-17-15-26(16-18-27)21-3-1-2-9-23-21)8-10-24-11-13-25(14-12-24)19-4-6-20(7-5-19)28(30)31/h1-7,9H,8,10-18H2. The van der Waals surface area contributed by atoms with E-state index in [1.165, 1.54) is 0 Å². The van der Waals surface area contributed by atoms with Crippen molar-refractivity contribution in [3.63, 3.8) is 0 Å². The van der Waals surface area contributed by atoms with Gasteiger partial charge in [0.2, 0.25) is 5.91 Å². The number of piperazine rings is 2. The van der Waals surface area contributed by atoms with Gasteiger partial charge in [-0.05, 0) is 24.3 Å². The molecule has 1 aromatic carbocycles. The van der Waals surface area contributed by atoms with Gasteiger partial charge in [0.05, 0.1) is 4.92 Å². The fraction of sp³-hybridized carbons (Fsp3) is 0.455. The van der Waals surface area contributed by atoms with Gasteiger partial charge in [0.25, 0.3) is 5.69 Å². The third kappa shape index (κ3) is 5.29. The Morgan fingerprint density at radius 1 is 0.903 bits per heavy atom. The zero-order valence-corrected chi connectivity index (χ0v) is 17.6. The molecule has 0 bridgehead atoms. The maximum Gasteiger partial charge on any atom is 0.269 e. The predicted octanol–water partition coefficient (Wildman–Crippen LogP) is 1.85. The second-order valence-electron chi connectivity index (χ2n) is 7.91. The van der Waals surface area contributed by atoms with Gasteiger partial charge >= 0.3 is 0 Å². The van der Waals surface area contributed by atoms with Crippen molar-refractivity contribution in [2.45, 2.75) is 6.42 Å². The smallest absolute Gasteiger partial charge is 0.269 e. The lowest BCUT2D eigenvalue weighted by Gasteiger charge is -2.37. The summed E-state index contributed by atoms with van der Waals surface area (Å²) in [6, 6.07) is 12.6. The average molecular weight is 425 g/mol. The lowest BCUT2D eigenvalue weighted by molar-refractivity contribution is -0.384. The van der Waals surface area contributed by atoms with Crippen LogP contribution < -0.4 is 9.80 Å². The lowest BCUT2D eigenvalue weighted by atomic mass is 10.2. The van der Waals surface area contributed by atoms with Crippen molar-refractivity contribution in [2.24, 2.45) is 0 Å². The molecule has 0 aliphatic carbocycles. The van der Waals surface area contributed by atoms with E-state index in [1.54, 1.807) is 18.3 Å². The molecule has 9 nitrogen and oxygen atoms in total. The Morgan fingerprint density at radius 3 is 2.19 bits per heavy atom. The minimum Gasteiger partial charge on any atom is -0.369 e. The molecule has 164 valence electrons. The van der Waals surface area contributed by atoms with Crippen molar-refractivity contribution in [3.8, 4) is 0 Å². The van der Waals surface area contributed by atoms with Crippen LogP contribution in [-0.4, -0.2) is 84.5 Å². The monoisotopic (exact) mass is 424 g/mol. The van der Waals surface area contributed by atoms with Gasteiger partial charge in [0.1, 0.15) is 5.82 Å². The largest absolute Gasteiger partial charge is 0.369 e. The molecule has 0 spiro atoms. The quantitative estimate of drug-likeness (QED) is 0.517. The Morgan fingerprint density at radius 2 is 1.58 bits per heavy atom. The maximum atomic E-state index is 12.7. The van der Waals surface area contributed by atoms with Crippen molar-refractivity contribution in [3.05, 3.63) is 58.8 Å². The van der Waals surface area contributed by atoms with Crippen molar-refractivity contribution < 1.29 is 9.72 Å². The second kappa shape index (κ2) is 9.74. The zero-order chi connectivity index (χ0) is 21.6. The average Bonchev–Trinajstić information content (AvgIpc) is 2.83. The highest BCUT2D eigenvalue weighted by atomic mass is 16.6. The first-order valence-electron chi connectivity index (χ1n) is 10.8. The minimum atomic E-state index is -0.378. The van der Waals surface area contributed by atoms with Crippen LogP contribution in [0.15, 0.2) is 48.7 Å². The number of nitro benzene ring substituents is 1. The number of non-ortho nitro benzene ring substituents is 1. The molecule has 2 fully saturated rings. The van der Waals surface area contributed by atoms with E-state index in [2.05, 4.69) is 19.7 Å². The van der Waals surface area contributed by atoms with Crippen LogP contribution in [0.3, 0.4) is 0 Å². The van der Waals surface area contributed by atoms with Crippen LogP contribution >= 0.6 is 0 Å². The molecular formula is C22H28N6O3. The molecule has 31 heavy (non-hydrogen) atoms. The molecule has 0 unspecified atom stereocenters. The van der Waals surface area contributed by atoms with Crippen LogP contribution in [0.4, 0.5) is 17.2 Å². The van der Waals surface area contributed by atoms with Gasteiger partial charge in [-0.15, -0.1) is 0 Å². The summed E-state index contributed by atoms with van der Waals surface area (Å²) in [6.07, 6.45) is 2.34. The molecule has 2 aliphatic rings. The van der Waals surface area contributed by atoms with E-state index in [1.807, 2.05) is 35.2 Å². The van der Waals surface area contributed by atoms with Crippen LogP contribution in [0, 0.1) is 10.1 Å². The summed E-state index contributed by atoms with van der Waals surface area (Å²) in [5, 5.41) is 10.8. The first kappa shape index (κ1) is 21.0. The number of hydrogen-bond donors (Lipinski definition) is 0. The third-order valence-electron chi connectivity index (χ3n) is 6.05. The van der Waals surface area contributed by atoms with Gasteiger partial charge in [0, 0.05) is 89.3 Å². The highest BCUT2D eigenvalue weighted by Crippen LogP contribution is 2.21. The van der Waals surface area contributed by atoms with Gasteiger partial charge in [-0.2, -0.15) is 0 Å². The molecule has 4 rings (SSSR count). The Labute approximate surface area is 182 Å². The number of nitrogens with zero attached hydrogens (tertiary/aromatic N) is 6. The summed E-state index contributed by atoms with van der Waals surface area (Å²) >= 11 is 0. The van der Waals surface area contributed by atoms with Gasteiger partial charge < -0.3 is 14.7 Å². The molecule has 1 amide bonds. The number of carbonyl (C=O) groups is 1. The molecule has 9 heteroatoms. The fourth-order valence-corrected chi connectivity index (χ4v) is 4.15. The van der Waals surface area contributed by atoms with Crippen LogP contribution in [0.2, 0.25) is 0 Å². The topological polar surface area (TPSA) is 86.1 Å². The van der Waals surface area contributed by atoms with E-state index in [0.717, 1.165) is 70.4 Å². The Kier molecular flexibility index (Phi) is 6.61. The number of amides is 1. The van der Waals surface area contributed by atoms with Crippen LogP contribution in [0.25, 0.3) is 0 Å². The Balaban J connectivity index is 1.18. The number of aromatic nitrogens is 1. The molecule has 3 heterocycles. The van der Waals surface area contributed by atoms with E-state index in [-0.39, 0.29) is 16.5 Å². The first-order valence-corrected chi connectivity index (χ1v) is 10.8. The summed E-state index contributed by atoms with van der Waals surface area (Å²) in [5.74, 6) is 1.19. The first-order chi connectivity index (χ1) is 15.1. The molecule has 0 radical (unpaired) electrons. The highest BCUT2D eigenvalue weighted by molar-refractivity contribution is 5.76. The summed E-state index contributed by atoms with van der Waals surface area (Å²) < 4.78 is 0. The number of benzene rings is 1. The van der Waals surface area contributed by atoms with Crippen LogP contribution in [0.1, 0.15) is 6.42 Å². The summed E-state index contributed by atoms with van der Waals surface area (Å²) in [4.78, 5) is 36.2. The van der Waals surface area contributed by atoms with Crippen LogP contribution in [0.5, 0.6) is 0 Å². The third-order valence-corrected chi connectivity index (χ3v) is 6.05. The van der Waals surface area contributed by atoms with Crippen molar-refractivity contribution in [1.82, 2.24) is 14.8 Å². The Hall–Kier alpha value is -3.20. The van der Waals surface area contributed by atoms with Gasteiger partial charge in [0.15, 0.2) is 0 Å². The predicted molar refractivity (Wildman–Crippen MR) is 119 cm³/mol. The highest BCUT2D eigenvalue weighted by Gasteiger charge is 2.23.